The highest BCUT2D eigenvalue weighted by molar-refractivity contribution is 5.97. The van der Waals surface area contributed by atoms with Crippen molar-refractivity contribution in [1.82, 2.24) is 4.90 Å². The number of amides is 1. The number of rotatable bonds is 6. The number of hydrogen-bond donors (Lipinski definition) is 3. The van der Waals surface area contributed by atoms with Gasteiger partial charge in [-0.25, -0.2) is 0 Å². The van der Waals surface area contributed by atoms with Gasteiger partial charge in [0, 0.05) is 19.2 Å². The van der Waals surface area contributed by atoms with Crippen LogP contribution >= 0.6 is 0 Å². The van der Waals surface area contributed by atoms with Gasteiger partial charge in [-0.3, -0.25) is 4.79 Å². The van der Waals surface area contributed by atoms with Crippen LogP contribution in [-0.2, 0) is 13.1 Å². The minimum atomic E-state index is -0.505. The molecule has 1 heterocycles. The van der Waals surface area contributed by atoms with E-state index in [4.69, 9.17) is 0 Å². The van der Waals surface area contributed by atoms with E-state index in [1.54, 1.807) is 11.0 Å². The van der Waals surface area contributed by atoms with Crippen LogP contribution in [0.1, 0.15) is 85.2 Å². The van der Waals surface area contributed by atoms with Gasteiger partial charge < -0.3 is 20.2 Å². The van der Waals surface area contributed by atoms with Crippen molar-refractivity contribution in [2.45, 2.75) is 65.6 Å². The summed E-state index contributed by atoms with van der Waals surface area (Å²) >= 11 is 0. The van der Waals surface area contributed by atoms with Crippen LogP contribution in [0.2, 0.25) is 0 Å². The van der Waals surface area contributed by atoms with E-state index in [1.165, 1.54) is 6.07 Å². The summed E-state index contributed by atoms with van der Waals surface area (Å²) in [4.78, 5) is 14.7. The van der Waals surface area contributed by atoms with Gasteiger partial charge in [-0.2, -0.15) is 0 Å². The van der Waals surface area contributed by atoms with Crippen LogP contribution in [-0.4, -0.2) is 26.1 Å². The Labute approximate surface area is 172 Å². The molecule has 2 aromatic carbocycles. The van der Waals surface area contributed by atoms with Crippen molar-refractivity contribution in [3.8, 4) is 11.5 Å². The highest BCUT2D eigenvalue weighted by atomic mass is 16.3. The Bertz CT molecular complexity index is 906. The van der Waals surface area contributed by atoms with Crippen LogP contribution in [0.5, 0.6) is 11.5 Å². The van der Waals surface area contributed by atoms with E-state index in [0.717, 1.165) is 29.5 Å². The molecule has 3 N–H and O–H groups in total. The topological polar surface area (TPSA) is 81.0 Å². The molecule has 5 nitrogen and oxygen atoms in total. The minimum Gasteiger partial charge on any atom is -0.508 e. The third-order valence-electron chi connectivity index (χ3n) is 5.94. The van der Waals surface area contributed by atoms with Crippen molar-refractivity contribution in [1.29, 1.82) is 0 Å². The smallest absolute Gasteiger partial charge is 0.258 e. The lowest BCUT2D eigenvalue weighted by molar-refractivity contribution is 0.0748. The highest BCUT2D eigenvalue weighted by Crippen LogP contribution is 2.35. The first-order valence-electron chi connectivity index (χ1n) is 10.4. The van der Waals surface area contributed by atoms with Gasteiger partial charge in [-0.15, -0.1) is 0 Å². The van der Waals surface area contributed by atoms with Crippen molar-refractivity contribution in [2.24, 2.45) is 5.92 Å². The van der Waals surface area contributed by atoms with E-state index in [0.29, 0.717) is 24.6 Å². The average molecular weight is 398 g/mol. The van der Waals surface area contributed by atoms with Gasteiger partial charge in [0.1, 0.15) is 11.5 Å². The summed E-state index contributed by atoms with van der Waals surface area (Å²) in [5, 5.41) is 30.8. The number of hydrogen-bond acceptors (Lipinski definition) is 4. The standard InChI is InChI=1S/C24H31NO4/c1-5-15(4)8-21(26)16-6-7-17-12-25(13-18(17)9-16)24(29)20-10-19(14(2)3)22(27)11-23(20)28/h6-7,9-11,14-15,21,26-28H,5,8,12-13H2,1-4H3. The Hall–Kier alpha value is -2.53. The number of aromatic hydroxyl groups is 2. The number of benzene rings is 2. The lowest BCUT2D eigenvalue weighted by Crippen LogP contribution is -2.25. The Morgan fingerprint density at radius 2 is 1.72 bits per heavy atom. The maximum Gasteiger partial charge on any atom is 0.258 e. The van der Waals surface area contributed by atoms with Crippen molar-refractivity contribution in [2.75, 3.05) is 0 Å². The maximum atomic E-state index is 13.1. The fraction of sp³-hybridized carbons (Fsp3) is 0.458. The number of aliphatic hydroxyl groups is 1. The molecule has 0 radical (unpaired) electrons. The third-order valence-corrected chi connectivity index (χ3v) is 5.94. The fourth-order valence-electron chi connectivity index (χ4n) is 3.85. The van der Waals surface area contributed by atoms with Gasteiger partial charge in [-0.1, -0.05) is 52.3 Å². The predicted molar refractivity (Wildman–Crippen MR) is 113 cm³/mol. The van der Waals surface area contributed by atoms with Gasteiger partial charge in [-0.05, 0) is 46.6 Å². The van der Waals surface area contributed by atoms with Crippen LogP contribution < -0.4 is 0 Å². The normalized spacial score (nSPS) is 15.4. The highest BCUT2D eigenvalue weighted by Gasteiger charge is 2.28. The summed E-state index contributed by atoms with van der Waals surface area (Å²) in [6.45, 7) is 9.01. The molecule has 0 aliphatic carbocycles. The van der Waals surface area contributed by atoms with Crippen molar-refractivity contribution >= 4 is 5.91 Å². The number of phenols is 2. The lowest BCUT2D eigenvalue weighted by Gasteiger charge is -2.18. The molecular formula is C24H31NO4. The molecular weight excluding hydrogens is 366 g/mol. The SMILES string of the molecule is CCC(C)CC(O)c1ccc2c(c1)CN(C(=O)c1cc(C(C)C)c(O)cc1O)C2. The fourth-order valence-corrected chi connectivity index (χ4v) is 3.85. The van der Waals surface area contributed by atoms with Gasteiger partial charge in [0.05, 0.1) is 11.7 Å². The van der Waals surface area contributed by atoms with Crippen LogP contribution in [0.25, 0.3) is 0 Å². The molecule has 2 aromatic rings. The first kappa shape index (κ1) is 21.2. The summed E-state index contributed by atoms with van der Waals surface area (Å²) in [5.74, 6) is 0.00922. The Balaban J connectivity index is 1.80. The molecule has 1 aliphatic heterocycles. The van der Waals surface area contributed by atoms with Gasteiger partial charge >= 0.3 is 0 Å². The molecule has 2 atom stereocenters. The summed E-state index contributed by atoms with van der Waals surface area (Å²) in [6, 6.07) is 8.74. The van der Waals surface area contributed by atoms with Crippen molar-refractivity contribution in [3.63, 3.8) is 0 Å². The maximum absolute atomic E-state index is 13.1. The first-order valence-corrected chi connectivity index (χ1v) is 10.4. The van der Waals surface area contributed by atoms with Crippen molar-refractivity contribution in [3.05, 3.63) is 58.1 Å². The number of aliphatic hydroxyl groups excluding tert-OH is 1. The average Bonchev–Trinajstić information content (AvgIpc) is 3.10. The quantitative estimate of drug-likeness (QED) is 0.651. The second kappa shape index (κ2) is 8.46. The number of phenolic OH excluding ortho intramolecular Hbond substituents is 2. The monoisotopic (exact) mass is 397 g/mol. The molecule has 29 heavy (non-hydrogen) atoms. The van der Waals surface area contributed by atoms with Gasteiger partial charge in [0.15, 0.2) is 0 Å². The third kappa shape index (κ3) is 4.40. The summed E-state index contributed by atoms with van der Waals surface area (Å²) in [7, 11) is 0. The molecule has 5 heteroatoms. The zero-order valence-electron chi connectivity index (χ0n) is 17.6. The number of fused-ring (bicyclic) bond motifs is 1. The van der Waals surface area contributed by atoms with E-state index >= 15 is 0 Å². The molecule has 0 saturated heterocycles. The van der Waals surface area contributed by atoms with Gasteiger partial charge in [0.25, 0.3) is 5.91 Å². The Morgan fingerprint density at radius 3 is 2.38 bits per heavy atom. The molecule has 3 rings (SSSR count). The molecule has 0 spiro atoms. The molecule has 1 aliphatic rings. The number of carbonyl (C=O) groups is 1. The van der Waals surface area contributed by atoms with Crippen LogP contribution in [0.4, 0.5) is 0 Å². The second-order valence-corrected chi connectivity index (χ2v) is 8.54. The summed E-state index contributed by atoms with van der Waals surface area (Å²) in [6.07, 6.45) is 1.24. The van der Waals surface area contributed by atoms with E-state index in [-0.39, 0.29) is 28.9 Å². The summed E-state index contributed by atoms with van der Waals surface area (Å²) < 4.78 is 0. The minimum absolute atomic E-state index is 0.00121. The van der Waals surface area contributed by atoms with Gasteiger partial charge in [0.2, 0.25) is 0 Å². The number of carbonyl (C=O) groups excluding carboxylic acids is 1. The van der Waals surface area contributed by atoms with Crippen LogP contribution in [0, 0.1) is 5.92 Å². The van der Waals surface area contributed by atoms with E-state index < -0.39 is 6.10 Å². The summed E-state index contributed by atoms with van der Waals surface area (Å²) in [5.41, 5.74) is 3.81. The van der Waals surface area contributed by atoms with Crippen molar-refractivity contribution < 1.29 is 20.1 Å². The van der Waals surface area contributed by atoms with E-state index in [1.807, 2.05) is 32.0 Å². The number of nitrogens with zero attached hydrogens (tertiary/aromatic N) is 1. The first-order chi connectivity index (χ1) is 13.7. The van der Waals surface area contributed by atoms with Crippen LogP contribution in [0.3, 0.4) is 0 Å². The zero-order valence-corrected chi connectivity index (χ0v) is 17.6. The van der Waals surface area contributed by atoms with E-state index in [2.05, 4.69) is 13.8 Å². The molecule has 156 valence electrons. The Morgan fingerprint density at radius 1 is 1.03 bits per heavy atom. The zero-order chi connectivity index (χ0) is 21.3. The van der Waals surface area contributed by atoms with Crippen LogP contribution in [0.15, 0.2) is 30.3 Å². The second-order valence-electron chi connectivity index (χ2n) is 8.54. The molecule has 0 bridgehead atoms. The van der Waals surface area contributed by atoms with E-state index in [9.17, 15) is 20.1 Å². The largest absolute Gasteiger partial charge is 0.508 e. The predicted octanol–water partition coefficient (Wildman–Crippen LogP) is 4.85. The molecule has 0 saturated carbocycles. The molecule has 0 fully saturated rings. The molecule has 1 amide bonds. The lowest BCUT2D eigenvalue weighted by atomic mass is 9.94. The Kier molecular flexibility index (Phi) is 6.18. The molecule has 2 unspecified atom stereocenters. The molecule has 0 aromatic heterocycles.